The Hall–Kier alpha value is -3.15. The van der Waals surface area contributed by atoms with Gasteiger partial charge in [0.15, 0.2) is 0 Å². The van der Waals surface area contributed by atoms with Crippen LogP contribution in [0.15, 0.2) is 48.6 Å². The summed E-state index contributed by atoms with van der Waals surface area (Å²) in [6, 6.07) is 10.2. The maximum Gasteiger partial charge on any atom is 0.335 e. The molecule has 2 aliphatic rings. The highest BCUT2D eigenvalue weighted by Gasteiger charge is 2.39. The fourth-order valence-electron chi connectivity index (χ4n) is 4.14. The number of aromatic carboxylic acids is 1. The molecule has 0 radical (unpaired) electrons. The number of carbonyl (C=O) groups is 1. The fraction of sp³-hybridized carbons (Fsp3) is 0.250. The van der Waals surface area contributed by atoms with Crippen LogP contribution in [0.3, 0.4) is 0 Å². The summed E-state index contributed by atoms with van der Waals surface area (Å²) in [5.74, 6) is -0.573. The van der Waals surface area contributed by atoms with E-state index in [0.717, 1.165) is 28.8 Å². The highest BCUT2D eigenvalue weighted by Crippen LogP contribution is 2.51. The standard InChI is InChI=1S/C20H18N2O4/c1-11-9-14(22(25)26)10-17-15-3-2-4-16(15)19(21-18(11)17)12-5-7-13(8-6-12)20(23)24/h2-3,5-10,15-16,19,21H,4H2,1H3,(H,23,24)/t15-,16-,19+/m0/s1. The van der Waals surface area contributed by atoms with Gasteiger partial charge in [0.05, 0.1) is 16.5 Å². The van der Waals surface area contributed by atoms with Gasteiger partial charge in [0.1, 0.15) is 0 Å². The zero-order valence-corrected chi connectivity index (χ0v) is 14.2. The number of allylic oxidation sites excluding steroid dienone is 2. The van der Waals surface area contributed by atoms with E-state index in [4.69, 9.17) is 5.11 Å². The summed E-state index contributed by atoms with van der Waals surface area (Å²) in [5.41, 5.74) is 4.16. The highest BCUT2D eigenvalue weighted by molar-refractivity contribution is 5.87. The molecule has 0 amide bonds. The average Bonchev–Trinajstić information content (AvgIpc) is 3.11. The summed E-state index contributed by atoms with van der Waals surface area (Å²) in [5, 5.41) is 23.9. The molecule has 132 valence electrons. The Morgan fingerprint density at radius 3 is 2.65 bits per heavy atom. The average molecular weight is 350 g/mol. The van der Waals surface area contributed by atoms with Gasteiger partial charge in [0, 0.05) is 23.7 Å². The number of nitrogens with one attached hydrogen (secondary N) is 1. The quantitative estimate of drug-likeness (QED) is 0.485. The SMILES string of the molecule is Cc1cc([N+](=O)[O-])cc2c1N[C@H](c1ccc(C(=O)O)cc1)[C@H]1CC=C[C@H]21. The molecule has 0 aromatic heterocycles. The number of hydrogen-bond acceptors (Lipinski definition) is 4. The molecule has 4 rings (SSSR count). The van der Waals surface area contributed by atoms with Gasteiger partial charge in [0.2, 0.25) is 0 Å². The maximum absolute atomic E-state index is 11.2. The molecule has 0 spiro atoms. The first-order valence-electron chi connectivity index (χ1n) is 8.51. The summed E-state index contributed by atoms with van der Waals surface area (Å²) in [6.45, 7) is 1.88. The lowest BCUT2D eigenvalue weighted by Gasteiger charge is -2.38. The molecular weight excluding hydrogens is 332 g/mol. The topological polar surface area (TPSA) is 92.5 Å². The second kappa shape index (κ2) is 5.98. The van der Waals surface area contributed by atoms with Crippen molar-refractivity contribution in [3.63, 3.8) is 0 Å². The fourth-order valence-corrected chi connectivity index (χ4v) is 4.14. The van der Waals surface area contributed by atoms with E-state index in [0.29, 0.717) is 0 Å². The number of anilines is 1. The van der Waals surface area contributed by atoms with Gasteiger partial charge in [-0.25, -0.2) is 4.79 Å². The van der Waals surface area contributed by atoms with Gasteiger partial charge in [0.25, 0.3) is 5.69 Å². The number of nitro groups is 1. The number of rotatable bonds is 3. The first-order chi connectivity index (χ1) is 12.5. The molecule has 3 atom stereocenters. The van der Waals surface area contributed by atoms with Crippen molar-refractivity contribution in [2.45, 2.75) is 25.3 Å². The van der Waals surface area contributed by atoms with Gasteiger partial charge in [-0.3, -0.25) is 10.1 Å². The molecule has 2 aromatic rings. The monoisotopic (exact) mass is 350 g/mol. The molecule has 1 heterocycles. The van der Waals surface area contributed by atoms with Gasteiger partial charge in [-0.05, 0) is 48.1 Å². The molecule has 2 aromatic carbocycles. The van der Waals surface area contributed by atoms with Crippen LogP contribution in [0.1, 0.15) is 45.4 Å². The lowest BCUT2D eigenvalue weighted by Crippen LogP contribution is -2.29. The molecule has 0 bridgehead atoms. The number of nitrogens with zero attached hydrogens (tertiary/aromatic N) is 1. The first-order valence-corrected chi connectivity index (χ1v) is 8.51. The van der Waals surface area contributed by atoms with E-state index in [1.54, 1.807) is 24.3 Å². The Labute approximate surface area is 150 Å². The van der Waals surface area contributed by atoms with Crippen molar-refractivity contribution < 1.29 is 14.8 Å². The van der Waals surface area contributed by atoms with E-state index < -0.39 is 5.97 Å². The molecule has 0 fully saturated rings. The van der Waals surface area contributed by atoms with Crippen molar-refractivity contribution in [2.75, 3.05) is 5.32 Å². The van der Waals surface area contributed by atoms with Gasteiger partial charge in [-0.2, -0.15) is 0 Å². The summed E-state index contributed by atoms with van der Waals surface area (Å²) in [6.07, 6.45) is 5.13. The molecule has 0 saturated heterocycles. The molecule has 2 N–H and O–H groups in total. The Kier molecular flexibility index (Phi) is 3.76. The lowest BCUT2D eigenvalue weighted by atomic mass is 9.76. The predicted octanol–water partition coefficient (Wildman–Crippen LogP) is 4.43. The molecule has 1 aliphatic heterocycles. The predicted molar refractivity (Wildman–Crippen MR) is 97.6 cm³/mol. The molecule has 0 saturated carbocycles. The van der Waals surface area contributed by atoms with Crippen molar-refractivity contribution in [3.8, 4) is 0 Å². The lowest BCUT2D eigenvalue weighted by molar-refractivity contribution is -0.385. The number of hydrogen-bond donors (Lipinski definition) is 2. The summed E-state index contributed by atoms with van der Waals surface area (Å²) in [7, 11) is 0. The van der Waals surface area contributed by atoms with Crippen molar-refractivity contribution in [2.24, 2.45) is 5.92 Å². The molecule has 1 aliphatic carbocycles. The van der Waals surface area contributed by atoms with E-state index in [1.807, 2.05) is 19.1 Å². The van der Waals surface area contributed by atoms with Gasteiger partial charge >= 0.3 is 5.97 Å². The van der Waals surface area contributed by atoms with Crippen LogP contribution in [0.5, 0.6) is 0 Å². The van der Waals surface area contributed by atoms with Gasteiger partial charge < -0.3 is 10.4 Å². The minimum Gasteiger partial charge on any atom is -0.478 e. The van der Waals surface area contributed by atoms with Crippen molar-refractivity contribution in [3.05, 3.63) is 80.9 Å². The van der Waals surface area contributed by atoms with Crippen LogP contribution in [0, 0.1) is 23.0 Å². The van der Waals surface area contributed by atoms with Crippen LogP contribution in [0.25, 0.3) is 0 Å². The smallest absolute Gasteiger partial charge is 0.335 e. The molecular formula is C20H18N2O4. The van der Waals surface area contributed by atoms with E-state index in [2.05, 4.69) is 17.5 Å². The number of nitro benzene ring substituents is 1. The third kappa shape index (κ3) is 2.54. The van der Waals surface area contributed by atoms with Crippen molar-refractivity contribution in [1.29, 1.82) is 0 Å². The van der Waals surface area contributed by atoms with Crippen LogP contribution in [0.4, 0.5) is 11.4 Å². The van der Waals surface area contributed by atoms with Gasteiger partial charge in [-0.1, -0.05) is 24.3 Å². The van der Waals surface area contributed by atoms with E-state index in [-0.39, 0.29) is 34.1 Å². The maximum atomic E-state index is 11.2. The summed E-state index contributed by atoms with van der Waals surface area (Å²) in [4.78, 5) is 22.0. The molecule has 0 unspecified atom stereocenters. The molecule has 6 heteroatoms. The number of benzene rings is 2. The Morgan fingerprint density at radius 2 is 2.00 bits per heavy atom. The van der Waals surface area contributed by atoms with Crippen molar-refractivity contribution >= 4 is 17.3 Å². The zero-order chi connectivity index (χ0) is 18.4. The normalized spacial score (nSPS) is 23.0. The minimum absolute atomic E-state index is 0.0329. The van der Waals surface area contributed by atoms with Crippen LogP contribution in [-0.2, 0) is 0 Å². The third-order valence-electron chi connectivity index (χ3n) is 5.38. The number of carboxylic acid groups (broad SMARTS) is 1. The largest absolute Gasteiger partial charge is 0.478 e. The Morgan fingerprint density at radius 1 is 1.27 bits per heavy atom. The number of carboxylic acids is 1. The third-order valence-corrected chi connectivity index (χ3v) is 5.38. The number of fused-ring (bicyclic) bond motifs is 3. The van der Waals surface area contributed by atoms with Crippen LogP contribution in [0.2, 0.25) is 0 Å². The molecule has 26 heavy (non-hydrogen) atoms. The minimum atomic E-state index is -0.943. The Balaban J connectivity index is 1.77. The second-order valence-electron chi connectivity index (χ2n) is 6.89. The number of non-ortho nitro benzene ring substituents is 1. The summed E-state index contributed by atoms with van der Waals surface area (Å²) < 4.78 is 0. The highest BCUT2D eigenvalue weighted by atomic mass is 16.6. The second-order valence-corrected chi connectivity index (χ2v) is 6.89. The molecule has 6 nitrogen and oxygen atoms in total. The number of aryl methyl sites for hydroxylation is 1. The first kappa shape index (κ1) is 16.3. The van der Waals surface area contributed by atoms with Crippen molar-refractivity contribution in [1.82, 2.24) is 0 Å². The van der Waals surface area contributed by atoms with E-state index in [9.17, 15) is 14.9 Å². The van der Waals surface area contributed by atoms with Crippen LogP contribution < -0.4 is 5.32 Å². The van der Waals surface area contributed by atoms with Crippen LogP contribution >= 0.6 is 0 Å². The van der Waals surface area contributed by atoms with E-state index in [1.165, 1.54) is 0 Å². The van der Waals surface area contributed by atoms with Crippen LogP contribution in [-0.4, -0.2) is 16.0 Å². The van der Waals surface area contributed by atoms with Gasteiger partial charge in [-0.15, -0.1) is 0 Å². The zero-order valence-electron chi connectivity index (χ0n) is 14.2. The van der Waals surface area contributed by atoms with E-state index >= 15 is 0 Å². The Bertz CT molecular complexity index is 934. The summed E-state index contributed by atoms with van der Waals surface area (Å²) >= 11 is 0.